The normalized spacial score (nSPS) is 11.4. The molecule has 0 heterocycles. The number of carbonyl (C=O) groups is 1. The van der Waals surface area contributed by atoms with Crippen LogP contribution in [-0.2, 0) is 12.6 Å². The van der Waals surface area contributed by atoms with E-state index in [0.717, 1.165) is 11.6 Å². The van der Waals surface area contributed by atoms with Crippen molar-refractivity contribution in [1.82, 2.24) is 5.32 Å². The van der Waals surface area contributed by atoms with Gasteiger partial charge in [0, 0.05) is 11.3 Å². The molecule has 3 nitrogen and oxygen atoms in total. The molecule has 0 fully saturated rings. The molecule has 0 unspecified atom stereocenters. The first-order chi connectivity index (χ1) is 11.3. The lowest BCUT2D eigenvalue weighted by atomic mass is 10.0. The first-order valence-electron chi connectivity index (χ1n) is 7.54. The number of hydrogen-bond acceptors (Lipinski definition) is 2. The van der Waals surface area contributed by atoms with Gasteiger partial charge in [0.1, 0.15) is 0 Å². The fraction of sp³-hybridized carbons (Fsp3) is 0.278. The molecule has 0 aromatic heterocycles. The lowest BCUT2D eigenvalue weighted by Crippen LogP contribution is -2.18. The highest BCUT2D eigenvalue weighted by atomic mass is 19.4. The molecular weight excluding hydrogens is 317 g/mol. The summed E-state index contributed by atoms with van der Waals surface area (Å²) >= 11 is 0. The Morgan fingerprint density at radius 2 is 1.83 bits per heavy atom. The van der Waals surface area contributed by atoms with E-state index < -0.39 is 17.6 Å². The number of rotatable bonds is 5. The van der Waals surface area contributed by atoms with Crippen LogP contribution in [-0.4, -0.2) is 19.5 Å². The number of hydrogen-bond donors (Lipinski definition) is 2. The van der Waals surface area contributed by atoms with E-state index in [1.54, 1.807) is 12.1 Å². The van der Waals surface area contributed by atoms with E-state index in [0.29, 0.717) is 18.5 Å². The van der Waals surface area contributed by atoms with Crippen molar-refractivity contribution in [2.24, 2.45) is 0 Å². The molecule has 0 aliphatic heterocycles. The van der Waals surface area contributed by atoms with Crippen molar-refractivity contribution in [2.45, 2.75) is 19.5 Å². The van der Waals surface area contributed by atoms with Gasteiger partial charge in [0.25, 0.3) is 5.91 Å². The lowest BCUT2D eigenvalue weighted by Gasteiger charge is -2.14. The van der Waals surface area contributed by atoms with Crippen LogP contribution in [0.25, 0.3) is 0 Å². The number of likely N-dealkylation sites (N-methyl/N-ethyl adjacent to an activating group) is 1. The molecule has 2 aromatic rings. The number of anilines is 1. The van der Waals surface area contributed by atoms with E-state index in [1.807, 2.05) is 19.2 Å². The number of nitrogens with one attached hydrogen (secondary N) is 2. The maximum absolute atomic E-state index is 13.0. The summed E-state index contributed by atoms with van der Waals surface area (Å²) in [5.41, 5.74) is 0.800. The number of halogens is 3. The molecule has 0 spiro atoms. The zero-order valence-electron chi connectivity index (χ0n) is 13.5. The van der Waals surface area contributed by atoms with Gasteiger partial charge in [-0.1, -0.05) is 24.3 Å². The van der Waals surface area contributed by atoms with Gasteiger partial charge in [-0.2, -0.15) is 13.2 Å². The number of aryl methyl sites for hydroxylation is 1. The van der Waals surface area contributed by atoms with Gasteiger partial charge in [-0.15, -0.1) is 0 Å². The van der Waals surface area contributed by atoms with E-state index in [4.69, 9.17) is 0 Å². The highest BCUT2D eigenvalue weighted by Gasteiger charge is 2.32. The Kier molecular flexibility index (Phi) is 5.62. The monoisotopic (exact) mass is 336 g/mol. The Morgan fingerprint density at radius 3 is 2.50 bits per heavy atom. The van der Waals surface area contributed by atoms with Gasteiger partial charge in [-0.3, -0.25) is 4.79 Å². The van der Waals surface area contributed by atoms with Crippen LogP contribution in [0.1, 0.15) is 27.0 Å². The molecule has 2 rings (SSSR count). The minimum absolute atomic E-state index is 0.120. The highest BCUT2D eigenvalue weighted by molar-refractivity contribution is 6.05. The SMILES string of the molecule is CNCCc1ccccc1C(=O)Nc1ccc(C)c(C(F)(F)F)c1. The average Bonchev–Trinajstić information content (AvgIpc) is 2.54. The van der Waals surface area contributed by atoms with Gasteiger partial charge in [0.05, 0.1) is 5.56 Å². The van der Waals surface area contributed by atoms with E-state index in [1.165, 1.54) is 19.1 Å². The Labute approximate surface area is 138 Å². The van der Waals surface area contributed by atoms with Crippen LogP contribution in [0.3, 0.4) is 0 Å². The van der Waals surface area contributed by atoms with E-state index in [2.05, 4.69) is 10.6 Å². The molecule has 2 N–H and O–H groups in total. The minimum Gasteiger partial charge on any atom is -0.322 e. The summed E-state index contributed by atoms with van der Waals surface area (Å²) in [4.78, 5) is 12.4. The topological polar surface area (TPSA) is 41.1 Å². The number of benzene rings is 2. The Hall–Kier alpha value is -2.34. The summed E-state index contributed by atoms with van der Waals surface area (Å²) in [5, 5.41) is 5.56. The van der Waals surface area contributed by atoms with E-state index in [-0.39, 0.29) is 11.3 Å². The minimum atomic E-state index is -4.45. The van der Waals surface area contributed by atoms with E-state index >= 15 is 0 Å². The third-order valence-electron chi connectivity index (χ3n) is 3.71. The molecule has 1 amide bonds. The molecule has 0 saturated carbocycles. The summed E-state index contributed by atoms with van der Waals surface area (Å²) in [6.07, 6.45) is -3.79. The molecule has 0 saturated heterocycles. The zero-order valence-corrected chi connectivity index (χ0v) is 13.5. The van der Waals surface area contributed by atoms with Gasteiger partial charge >= 0.3 is 6.18 Å². The molecule has 0 bridgehead atoms. The summed E-state index contributed by atoms with van der Waals surface area (Å²) in [7, 11) is 1.81. The van der Waals surface area contributed by atoms with Crippen molar-refractivity contribution in [3.05, 3.63) is 64.7 Å². The molecule has 24 heavy (non-hydrogen) atoms. The van der Waals surface area contributed by atoms with Crippen LogP contribution in [0, 0.1) is 6.92 Å². The van der Waals surface area contributed by atoms with Crippen LogP contribution < -0.4 is 10.6 Å². The smallest absolute Gasteiger partial charge is 0.322 e. The number of alkyl halides is 3. The molecule has 0 atom stereocenters. The quantitative estimate of drug-likeness (QED) is 0.866. The summed E-state index contributed by atoms with van der Waals surface area (Å²) < 4.78 is 38.9. The number of amides is 1. The second kappa shape index (κ2) is 7.49. The molecule has 0 aliphatic carbocycles. The first kappa shape index (κ1) is 18.0. The van der Waals surface area contributed by atoms with Crippen LogP contribution in [0.15, 0.2) is 42.5 Å². The second-order valence-electron chi connectivity index (χ2n) is 5.49. The van der Waals surface area contributed by atoms with Gasteiger partial charge in [-0.05, 0) is 56.3 Å². The van der Waals surface area contributed by atoms with E-state index in [9.17, 15) is 18.0 Å². The largest absolute Gasteiger partial charge is 0.416 e. The molecule has 0 radical (unpaired) electrons. The van der Waals surface area contributed by atoms with Gasteiger partial charge < -0.3 is 10.6 Å². The van der Waals surface area contributed by atoms with Crippen LogP contribution in [0.2, 0.25) is 0 Å². The fourth-order valence-electron chi connectivity index (χ4n) is 2.42. The third-order valence-corrected chi connectivity index (χ3v) is 3.71. The summed E-state index contributed by atoms with van der Waals surface area (Å²) in [6.45, 7) is 2.09. The highest BCUT2D eigenvalue weighted by Crippen LogP contribution is 2.33. The standard InChI is InChI=1S/C18H19F3N2O/c1-12-7-8-14(11-16(12)18(19,20)21)23-17(24)15-6-4-3-5-13(15)9-10-22-2/h3-8,11,22H,9-10H2,1-2H3,(H,23,24). The van der Waals surface area contributed by atoms with Crippen LogP contribution in [0.5, 0.6) is 0 Å². The maximum atomic E-state index is 13.0. The number of carbonyl (C=O) groups excluding carboxylic acids is 1. The molecule has 2 aromatic carbocycles. The maximum Gasteiger partial charge on any atom is 0.416 e. The van der Waals surface area contributed by atoms with Gasteiger partial charge in [0.15, 0.2) is 0 Å². The van der Waals surface area contributed by atoms with Crippen LogP contribution in [0.4, 0.5) is 18.9 Å². The summed E-state index contributed by atoms with van der Waals surface area (Å²) in [6, 6.07) is 10.8. The van der Waals surface area contributed by atoms with Gasteiger partial charge in [0.2, 0.25) is 0 Å². The Morgan fingerprint density at radius 1 is 1.12 bits per heavy atom. The summed E-state index contributed by atoms with van der Waals surface area (Å²) in [5.74, 6) is -0.418. The van der Waals surface area contributed by atoms with Crippen LogP contribution >= 0.6 is 0 Å². The molecule has 128 valence electrons. The average molecular weight is 336 g/mol. The molecular formula is C18H19F3N2O. The third kappa shape index (κ3) is 4.35. The van der Waals surface area contributed by atoms with Crippen molar-refractivity contribution in [3.8, 4) is 0 Å². The Balaban J connectivity index is 2.25. The zero-order chi connectivity index (χ0) is 17.7. The van der Waals surface area contributed by atoms with Crippen molar-refractivity contribution in [2.75, 3.05) is 18.9 Å². The predicted molar refractivity (Wildman–Crippen MR) is 88.2 cm³/mol. The van der Waals surface area contributed by atoms with Crippen molar-refractivity contribution in [3.63, 3.8) is 0 Å². The van der Waals surface area contributed by atoms with Gasteiger partial charge in [-0.25, -0.2) is 0 Å². The van der Waals surface area contributed by atoms with Crippen molar-refractivity contribution in [1.29, 1.82) is 0 Å². The van der Waals surface area contributed by atoms with Crippen molar-refractivity contribution >= 4 is 11.6 Å². The van der Waals surface area contributed by atoms with Crippen molar-refractivity contribution < 1.29 is 18.0 Å². The lowest BCUT2D eigenvalue weighted by molar-refractivity contribution is -0.138. The Bertz CT molecular complexity index is 726. The predicted octanol–water partition coefficient (Wildman–Crippen LogP) is 4.03. The second-order valence-corrected chi connectivity index (χ2v) is 5.49. The fourth-order valence-corrected chi connectivity index (χ4v) is 2.42. The molecule has 6 heteroatoms. The first-order valence-corrected chi connectivity index (χ1v) is 7.54. The molecule has 0 aliphatic rings.